The predicted molar refractivity (Wildman–Crippen MR) is 53.3 cm³/mol. The number of quaternary nitrogens is 1. The normalized spacial score (nSPS) is 19.6. The Labute approximate surface area is 81.0 Å². The Bertz CT molecular complexity index is 149. The quantitative estimate of drug-likeness (QED) is 0.656. The summed E-state index contributed by atoms with van der Waals surface area (Å²) in [5.74, 6) is 0. The summed E-state index contributed by atoms with van der Waals surface area (Å²) in [4.78, 5) is 0. The van der Waals surface area contributed by atoms with E-state index in [9.17, 15) is 9.50 Å². The van der Waals surface area contributed by atoms with Crippen LogP contribution >= 0.6 is 0 Å². The highest BCUT2D eigenvalue weighted by molar-refractivity contribution is 4.85. The van der Waals surface area contributed by atoms with Gasteiger partial charge in [-0.2, -0.15) is 0 Å². The van der Waals surface area contributed by atoms with Crippen LogP contribution in [0.5, 0.6) is 0 Å². The molecule has 0 aromatic heterocycles. The second-order valence-electron chi connectivity index (χ2n) is 4.63. The van der Waals surface area contributed by atoms with Gasteiger partial charge in [0.15, 0.2) is 0 Å². The molecule has 0 spiro atoms. The van der Waals surface area contributed by atoms with E-state index in [0.29, 0.717) is 10.9 Å². The highest BCUT2D eigenvalue weighted by atomic mass is 19.1. The van der Waals surface area contributed by atoms with Gasteiger partial charge in [0.25, 0.3) is 0 Å². The number of rotatable bonds is 5. The largest absolute Gasteiger partial charge is 0.381 e. The maximum Gasteiger partial charge on any atom is 0.144 e. The van der Waals surface area contributed by atoms with Crippen molar-refractivity contribution in [2.75, 3.05) is 27.8 Å². The molecule has 0 heterocycles. The number of hydrogen-bond acceptors (Lipinski definition) is 1. The Balaban J connectivity index is 4.74. The lowest BCUT2D eigenvalue weighted by molar-refractivity contribution is -0.904. The standard InChI is InChI=1S/C10H23FNO/c1-6-9(12(3,4)5)10(13,7-2)8-11/h9,13H,6-8H2,1-5H3/q+1. The molecule has 0 aromatic carbocycles. The number of aliphatic hydroxyl groups is 1. The third-order valence-electron chi connectivity index (χ3n) is 2.79. The molecular weight excluding hydrogens is 169 g/mol. The molecule has 3 heteroatoms. The van der Waals surface area contributed by atoms with Crippen LogP contribution < -0.4 is 0 Å². The molecule has 2 unspecified atom stereocenters. The van der Waals surface area contributed by atoms with E-state index in [1.165, 1.54) is 0 Å². The third kappa shape index (κ3) is 2.92. The van der Waals surface area contributed by atoms with Gasteiger partial charge < -0.3 is 9.59 Å². The molecule has 0 bridgehead atoms. The minimum absolute atomic E-state index is 0.0394. The molecular formula is C10H23FNO+. The summed E-state index contributed by atoms with van der Waals surface area (Å²) in [6.07, 6.45) is 1.26. The van der Waals surface area contributed by atoms with Crippen LogP contribution in [0, 0.1) is 0 Å². The van der Waals surface area contributed by atoms with Crippen LogP contribution in [0.2, 0.25) is 0 Å². The molecule has 0 saturated heterocycles. The van der Waals surface area contributed by atoms with Crippen molar-refractivity contribution >= 4 is 0 Å². The van der Waals surface area contributed by atoms with Crippen molar-refractivity contribution < 1.29 is 14.0 Å². The highest BCUT2D eigenvalue weighted by Gasteiger charge is 2.42. The number of nitrogens with zero attached hydrogens (tertiary/aromatic N) is 1. The van der Waals surface area contributed by atoms with Crippen LogP contribution in [-0.2, 0) is 0 Å². The summed E-state index contributed by atoms with van der Waals surface area (Å²) in [7, 11) is 5.97. The molecule has 0 aliphatic heterocycles. The van der Waals surface area contributed by atoms with Gasteiger partial charge in [-0.1, -0.05) is 13.8 Å². The average Bonchev–Trinajstić information content (AvgIpc) is 2.02. The van der Waals surface area contributed by atoms with Crippen molar-refractivity contribution in [3.8, 4) is 0 Å². The van der Waals surface area contributed by atoms with Gasteiger partial charge in [-0.15, -0.1) is 0 Å². The lowest BCUT2D eigenvalue weighted by Gasteiger charge is -2.42. The predicted octanol–water partition coefficient (Wildman–Crippen LogP) is 1.58. The monoisotopic (exact) mass is 192 g/mol. The third-order valence-corrected chi connectivity index (χ3v) is 2.79. The Morgan fingerprint density at radius 1 is 1.31 bits per heavy atom. The maximum atomic E-state index is 12.7. The number of likely N-dealkylation sites (N-methyl/N-ethyl adjacent to an activating group) is 1. The van der Waals surface area contributed by atoms with E-state index in [0.717, 1.165) is 6.42 Å². The van der Waals surface area contributed by atoms with Crippen LogP contribution in [0.25, 0.3) is 0 Å². The molecule has 2 nitrogen and oxygen atoms in total. The molecule has 0 saturated carbocycles. The van der Waals surface area contributed by atoms with Crippen molar-refractivity contribution in [2.24, 2.45) is 0 Å². The summed E-state index contributed by atoms with van der Waals surface area (Å²) >= 11 is 0. The molecule has 0 aliphatic carbocycles. The van der Waals surface area contributed by atoms with Crippen LogP contribution in [0.3, 0.4) is 0 Å². The Morgan fingerprint density at radius 2 is 1.77 bits per heavy atom. The summed E-state index contributed by atoms with van der Waals surface area (Å²) in [5, 5.41) is 10.0. The van der Waals surface area contributed by atoms with Gasteiger partial charge in [0.2, 0.25) is 0 Å². The topological polar surface area (TPSA) is 20.2 Å². The molecule has 0 aromatic rings. The fourth-order valence-corrected chi connectivity index (χ4v) is 2.07. The molecule has 0 fully saturated rings. The van der Waals surface area contributed by atoms with Crippen molar-refractivity contribution in [2.45, 2.75) is 38.3 Å². The first kappa shape index (κ1) is 12.8. The fraction of sp³-hybridized carbons (Fsp3) is 1.00. The van der Waals surface area contributed by atoms with Crippen molar-refractivity contribution in [3.63, 3.8) is 0 Å². The first-order valence-electron chi connectivity index (χ1n) is 4.91. The van der Waals surface area contributed by atoms with Crippen molar-refractivity contribution in [1.82, 2.24) is 0 Å². The molecule has 0 rings (SSSR count). The van der Waals surface area contributed by atoms with E-state index < -0.39 is 12.3 Å². The second-order valence-corrected chi connectivity index (χ2v) is 4.63. The van der Waals surface area contributed by atoms with E-state index >= 15 is 0 Å². The Morgan fingerprint density at radius 3 is 1.85 bits per heavy atom. The zero-order valence-corrected chi connectivity index (χ0v) is 9.47. The lowest BCUT2D eigenvalue weighted by Crippen LogP contribution is -2.59. The molecule has 1 N–H and O–H groups in total. The van der Waals surface area contributed by atoms with Crippen LogP contribution in [0.4, 0.5) is 4.39 Å². The minimum Gasteiger partial charge on any atom is -0.381 e. The Kier molecular flexibility index (Phi) is 4.33. The zero-order chi connectivity index (χ0) is 10.7. The van der Waals surface area contributed by atoms with Crippen LogP contribution in [0.15, 0.2) is 0 Å². The van der Waals surface area contributed by atoms with E-state index in [1.54, 1.807) is 0 Å². The zero-order valence-electron chi connectivity index (χ0n) is 9.47. The van der Waals surface area contributed by atoms with Gasteiger partial charge in [-0.25, -0.2) is 4.39 Å². The SMILES string of the molecule is CCC(C(O)(CC)CF)[N+](C)(C)C. The minimum atomic E-state index is -1.16. The van der Waals surface area contributed by atoms with Gasteiger partial charge in [-0.3, -0.25) is 0 Å². The molecule has 0 amide bonds. The summed E-state index contributed by atoms with van der Waals surface area (Å²) < 4.78 is 13.4. The molecule has 13 heavy (non-hydrogen) atoms. The van der Waals surface area contributed by atoms with Crippen LogP contribution in [0.1, 0.15) is 26.7 Å². The molecule has 80 valence electrons. The van der Waals surface area contributed by atoms with Crippen LogP contribution in [-0.4, -0.2) is 49.1 Å². The number of hydrogen-bond donors (Lipinski definition) is 1. The van der Waals surface area contributed by atoms with Gasteiger partial charge in [0, 0.05) is 0 Å². The van der Waals surface area contributed by atoms with Crippen molar-refractivity contribution in [3.05, 3.63) is 0 Å². The number of alkyl halides is 1. The molecule has 0 radical (unpaired) electrons. The first-order valence-corrected chi connectivity index (χ1v) is 4.91. The summed E-state index contributed by atoms with van der Waals surface area (Å²) in [5.41, 5.74) is -1.16. The molecule has 2 atom stereocenters. The average molecular weight is 192 g/mol. The van der Waals surface area contributed by atoms with Gasteiger partial charge in [0.1, 0.15) is 18.3 Å². The van der Waals surface area contributed by atoms with Gasteiger partial charge >= 0.3 is 0 Å². The number of halogens is 1. The smallest absolute Gasteiger partial charge is 0.144 e. The van der Waals surface area contributed by atoms with Crippen molar-refractivity contribution in [1.29, 1.82) is 0 Å². The van der Waals surface area contributed by atoms with Gasteiger partial charge in [0.05, 0.1) is 21.1 Å². The van der Waals surface area contributed by atoms with E-state index in [1.807, 2.05) is 35.0 Å². The molecule has 0 aliphatic rings. The second kappa shape index (κ2) is 4.38. The van der Waals surface area contributed by atoms with Gasteiger partial charge in [-0.05, 0) is 12.8 Å². The maximum absolute atomic E-state index is 12.7. The van der Waals surface area contributed by atoms with E-state index in [2.05, 4.69) is 0 Å². The Hall–Kier alpha value is -0.150. The highest BCUT2D eigenvalue weighted by Crippen LogP contribution is 2.25. The van der Waals surface area contributed by atoms with E-state index in [4.69, 9.17) is 0 Å². The fourth-order valence-electron chi connectivity index (χ4n) is 2.07. The summed E-state index contributed by atoms with van der Waals surface area (Å²) in [6.45, 7) is 3.17. The lowest BCUT2D eigenvalue weighted by atomic mass is 9.88. The first-order chi connectivity index (χ1) is 5.81. The van der Waals surface area contributed by atoms with E-state index in [-0.39, 0.29) is 6.04 Å². The summed E-state index contributed by atoms with van der Waals surface area (Å²) in [6, 6.07) is -0.0394.